The van der Waals surface area contributed by atoms with Crippen LogP contribution >= 0.6 is 11.6 Å². The molecule has 1 atom stereocenters. The van der Waals surface area contributed by atoms with Gasteiger partial charge in [-0.2, -0.15) is 0 Å². The van der Waals surface area contributed by atoms with Gasteiger partial charge in [-0.05, 0) is 30.5 Å². The maximum atomic E-state index is 6.20. The molecule has 0 aliphatic carbocycles. The standard InChI is InChI=1S/C16H22ClNO2/c1-4-19-10-14(11(2)3)18-9-13-12-7-5-6-8-15(12)20-16(13)17/h5-8,11,14,18H,4,9-10H2,1-3H3. The van der Waals surface area contributed by atoms with Gasteiger partial charge in [-0.15, -0.1) is 0 Å². The van der Waals surface area contributed by atoms with Gasteiger partial charge in [0.1, 0.15) is 5.58 Å². The molecule has 1 heterocycles. The molecule has 0 bridgehead atoms. The van der Waals surface area contributed by atoms with Gasteiger partial charge in [0.05, 0.1) is 6.61 Å². The van der Waals surface area contributed by atoms with E-state index in [0.29, 0.717) is 30.3 Å². The lowest BCUT2D eigenvalue weighted by Gasteiger charge is -2.22. The maximum absolute atomic E-state index is 6.20. The minimum Gasteiger partial charge on any atom is -0.444 e. The summed E-state index contributed by atoms with van der Waals surface area (Å²) in [5, 5.41) is 5.06. The molecule has 1 aromatic heterocycles. The number of para-hydroxylation sites is 1. The van der Waals surface area contributed by atoms with E-state index in [2.05, 4.69) is 19.2 Å². The van der Waals surface area contributed by atoms with Crippen LogP contribution in [0.1, 0.15) is 26.3 Å². The summed E-state index contributed by atoms with van der Waals surface area (Å²) < 4.78 is 11.1. The molecule has 1 N–H and O–H groups in total. The van der Waals surface area contributed by atoms with E-state index < -0.39 is 0 Å². The third-order valence-electron chi connectivity index (χ3n) is 3.50. The first-order valence-electron chi connectivity index (χ1n) is 7.10. The summed E-state index contributed by atoms with van der Waals surface area (Å²) in [6.45, 7) is 8.52. The molecule has 0 spiro atoms. The zero-order chi connectivity index (χ0) is 14.5. The fourth-order valence-corrected chi connectivity index (χ4v) is 2.45. The largest absolute Gasteiger partial charge is 0.444 e. The number of halogens is 1. The van der Waals surface area contributed by atoms with Crippen molar-refractivity contribution in [2.75, 3.05) is 13.2 Å². The average molecular weight is 296 g/mol. The van der Waals surface area contributed by atoms with Crippen LogP contribution in [0.3, 0.4) is 0 Å². The normalized spacial score (nSPS) is 13.2. The molecule has 20 heavy (non-hydrogen) atoms. The molecule has 4 heteroatoms. The second-order valence-corrected chi connectivity index (χ2v) is 5.58. The van der Waals surface area contributed by atoms with E-state index in [1.165, 1.54) is 0 Å². The van der Waals surface area contributed by atoms with Crippen molar-refractivity contribution in [1.82, 2.24) is 5.32 Å². The Morgan fingerprint density at radius 1 is 1.30 bits per heavy atom. The number of hydrogen-bond acceptors (Lipinski definition) is 3. The van der Waals surface area contributed by atoms with E-state index in [-0.39, 0.29) is 0 Å². The highest BCUT2D eigenvalue weighted by Gasteiger charge is 2.16. The number of furan rings is 1. The Balaban J connectivity index is 2.09. The maximum Gasteiger partial charge on any atom is 0.199 e. The molecular weight excluding hydrogens is 274 g/mol. The zero-order valence-electron chi connectivity index (χ0n) is 12.3. The van der Waals surface area contributed by atoms with E-state index in [9.17, 15) is 0 Å². The van der Waals surface area contributed by atoms with Crippen LogP contribution in [0.5, 0.6) is 0 Å². The van der Waals surface area contributed by atoms with Crippen LogP contribution in [0.4, 0.5) is 0 Å². The quantitative estimate of drug-likeness (QED) is 0.830. The van der Waals surface area contributed by atoms with Crippen LogP contribution < -0.4 is 5.32 Å². The van der Waals surface area contributed by atoms with Crippen molar-refractivity contribution in [1.29, 1.82) is 0 Å². The summed E-state index contributed by atoms with van der Waals surface area (Å²) >= 11 is 6.20. The summed E-state index contributed by atoms with van der Waals surface area (Å²) in [4.78, 5) is 0. The highest BCUT2D eigenvalue weighted by molar-refractivity contribution is 6.30. The van der Waals surface area contributed by atoms with Gasteiger partial charge in [0.15, 0.2) is 5.22 Å². The topological polar surface area (TPSA) is 34.4 Å². The van der Waals surface area contributed by atoms with Gasteiger partial charge in [-0.3, -0.25) is 0 Å². The molecule has 0 saturated carbocycles. The first-order valence-corrected chi connectivity index (χ1v) is 7.48. The van der Waals surface area contributed by atoms with E-state index in [4.69, 9.17) is 20.8 Å². The summed E-state index contributed by atoms with van der Waals surface area (Å²) in [5.74, 6) is 0.499. The van der Waals surface area contributed by atoms with Crippen molar-refractivity contribution in [2.24, 2.45) is 5.92 Å². The van der Waals surface area contributed by atoms with Crippen molar-refractivity contribution in [3.8, 4) is 0 Å². The van der Waals surface area contributed by atoms with Crippen LogP contribution in [-0.4, -0.2) is 19.3 Å². The van der Waals surface area contributed by atoms with Crippen molar-refractivity contribution >= 4 is 22.6 Å². The molecule has 0 aliphatic rings. The highest BCUT2D eigenvalue weighted by Crippen LogP contribution is 2.29. The molecular formula is C16H22ClNO2. The molecule has 0 aliphatic heterocycles. The minimum absolute atomic E-state index is 0.305. The van der Waals surface area contributed by atoms with Crippen LogP contribution in [0.15, 0.2) is 28.7 Å². The van der Waals surface area contributed by atoms with Crippen LogP contribution in [-0.2, 0) is 11.3 Å². The van der Waals surface area contributed by atoms with Crippen LogP contribution in [0, 0.1) is 5.92 Å². The fourth-order valence-electron chi connectivity index (χ4n) is 2.20. The molecule has 2 aromatic rings. The highest BCUT2D eigenvalue weighted by atomic mass is 35.5. The number of fused-ring (bicyclic) bond motifs is 1. The fraction of sp³-hybridized carbons (Fsp3) is 0.500. The smallest absolute Gasteiger partial charge is 0.199 e. The summed E-state index contributed by atoms with van der Waals surface area (Å²) in [7, 11) is 0. The average Bonchev–Trinajstić information content (AvgIpc) is 2.74. The van der Waals surface area contributed by atoms with Crippen LogP contribution in [0.25, 0.3) is 11.0 Å². The molecule has 0 radical (unpaired) electrons. The first kappa shape index (κ1) is 15.4. The Kier molecular flexibility index (Phi) is 5.46. The van der Waals surface area contributed by atoms with Gasteiger partial charge in [-0.1, -0.05) is 32.0 Å². The molecule has 1 aromatic carbocycles. The Hall–Kier alpha value is -1.03. The van der Waals surface area contributed by atoms with Gasteiger partial charge < -0.3 is 14.5 Å². The van der Waals surface area contributed by atoms with Gasteiger partial charge in [0.2, 0.25) is 0 Å². The first-order chi connectivity index (χ1) is 9.63. The summed E-state index contributed by atoms with van der Waals surface area (Å²) in [6.07, 6.45) is 0. The van der Waals surface area contributed by atoms with Crippen molar-refractivity contribution in [3.63, 3.8) is 0 Å². The van der Waals surface area contributed by atoms with E-state index >= 15 is 0 Å². The number of nitrogens with one attached hydrogen (secondary N) is 1. The van der Waals surface area contributed by atoms with E-state index in [1.807, 2.05) is 31.2 Å². The lowest BCUT2D eigenvalue weighted by molar-refractivity contribution is 0.108. The predicted molar refractivity (Wildman–Crippen MR) is 83.2 cm³/mol. The van der Waals surface area contributed by atoms with Gasteiger partial charge in [0, 0.05) is 30.1 Å². The molecule has 3 nitrogen and oxygen atoms in total. The van der Waals surface area contributed by atoms with Gasteiger partial charge in [-0.25, -0.2) is 0 Å². The third kappa shape index (κ3) is 3.54. The SMILES string of the molecule is CCOCC(NCc1c(Cl)oc2ccccc12)C(C)C. The van der Waals surface area contributed by atoms with Crippen LogP contribution in [0.2, 0.25) is 5.22 Å². The van der Waals surface area contributed by atoms with E-state index in [0.717, 1.165) is 23.1 Å². The molecule has 1 unspecified atom stereocenters. The van der Waals surface area contributed by atoms with E-state index in [1.54, 1.807) is 0 Å². The zero-order valence-corrected chi connectivity index (χ0v) is 13.0. The Morgan fingerprint density at radius 2 is 2.05 bits per heavy atom. The second kappa shape index (κ2) is 7.11. The third-order valence-corrected chi connectivity index (χ3v) is 3.80. The summed E-state index contributed by atoms with van der Waals surface area (Å²) in [5.41, 5.74) is 1.85. The molecule has 2 rings (SSSR count). The molecule has 0 fully saturated rings. The van der Waals surface area contributed by atoms with Crippen molar-refractivity contribution in [2.45, 2.75) is 33.4 Å². The lowest BCUT2D eigenvalue weighted by Crippen LogP contribution is -2.37. The molecule has 110 valence electrons. The second-order valence-electron chi connectivity index (χ2n) is 5.24. The number of rotatable bonds is 7. The number of ether oxygens (including phenoxy) is 1. The van der Waals surface area contributed by atoms with Crippen molar-refractivity contribution < 1.29 is 9.15 Å². The summed E-state index contributed by atoms with van der Waals surface area (Å²) in [6, 6.07) is 8.22. The minimum atomic E-state index is 0.305. The molecule has 0 amide bonds. The van der Waals surface area contributed by atoms with Crippen molar-refractivity contribution in [3.05, 3.63) is 35.0 Å². The number of benzene rings is 1. The van der Waals surface area contributed by atoms with Gasteiger partial charge in [0.25, 0.3) is 0 Å². The predicted octanol–water partition coefficient (Wildman–Crippen LogP) is 4.24. The van der Waals surface area contributed by atoms with Gasteiger partial charge >= 0.3 is 0 Å². The molecule has 0 saturated heterocycles. The monoisotopic (exact) mass is 295 g/mol. The Bertz CT molecular complexity index is 550. The Labute approximate surface area is 125 Å². The Morgan fingerprint density at radius 3 is 2.75 bits per heavy atom. The number of hydrogen-bond donors (Lipinski definition) is 1. The lowest BCUT2D eigenvalue weighted by atomic mass is 10.0.